The van der Waals surface area contributed by atoms with Gasteiger partial charge < -0.3 is 4.52 Å². The lowest BCUT2D eigenvalue weighted by Crippen LogP contribution is -2.03. The van der Waals surface area contributed by atoms with Crippen molar-refractivity contribution in [3.63, 3.8) is 0 Å². The van der Waals surface area contributed by atoms with Crippen molar-refractivity contribution in [2.75, 3.05) is 0 Å². The zero-order valence-electron chi connectivity index (χ0n) is 12.6. The number of Topliss-reactive ketones (excluding diaryl/α,β-unsaturated/α-hetero) is 1. The Bertz CT molecular complexity index is 863. The summed E-state index contributed by atoms with van der Waals surface area (Å²) in [6.45, 7) is 1.48. The summed E-state index contributed by atoms with van der Waals surface area (Å²) in [4.78, 5) is 11.3. The largest absolute Gasteiger partial charge is 0.416 e. The van der Waals surface area contributed by atoms with Gasteiger partial charge in [0.1, 0.15) is 5.69 Å². The van der Waals surface area contributed by atoms with Crippen LogP contribution in [-0.2, 0) is 6.18 Å². The van der Waals surface area contributed by atoms with Crippen molar-refractivity contribution < 1.29 is 22.5 Å². The van der Waals surface area contributed by atoms with Gasteiger partial charge in [-0.15, -0.1) is 0 Å². The molecule has 1 aromatic heterocycles. The predicted octanol–water partition coefficient (Wildman–Crippen LogP) is 5.23. The molecular formula is C18H12F3NO2. The Balaban J connectivity index is 1.86. The van der Waals surface area contributed by atoms with Crippen LogP contribution in [0, 0.1) is 0 Å². The zero-order valence-corrected chi connectivity index (χ0v) is 12.6. The molecule has 3 aromatic rings. The molecule has 24 heavy (non-hydrogen) atoms. The number of aromatic nitrogens is 1. The predicted molar refractivity (Wildman–Crippen MR) is 82.4 cm³/mol. The maximum Gasteiger partial charge on any atom is 0.416 e. The molecule has 0 saturated carbocycles. The van der Waals surface area contributed by atoms with E-state index in [0.717, 1.165) is 17.7 Å². The molecule has 3 rings (SSSR count). The molecule has 0 aliphatic carbocycles. The molecule has 122 valence electrons. The highest BCUT2D eigenvalue weighted by Gasteiger charge is 2.30. The summed E-state index contributed by atoms with van der Waals surface area (Å²) >= 11 is 0. The summed E-state index contributed by atoms with van der Waals surface area (Å²) in [6.07, 6.45) is -4.37. The Kier molecular flexibility index (Phi) is 3.97. The lowest BCUT2D eigenvalue weighted by molar-refractivity contribution is -0.137. The number of hydrogen-bond donors (Lipinski definition) is 0. The van der Waals surface area contributed by atoms with Crippen LogP contribution >= 0.6 is 0 Å². The van der Waals surface area contributed by atoms with E-state index in [-0.39, 0.29) is 5.78 Å². The molecule has 6 heteroatoms. The van der Waals surface area contributed by atoms with Crippen LogP contribution < -0.4 is 0 Å². The van der Waals surface area contributed by atoms with Crippen LogP contribution in [0.1, 0.15) is 22.8 Å². The van der Waals surface area contributed by atoms with Gasteiger partial charge in [0.25, 0.3) is 0 Å². The van der Waals surface area contributed by atoms with Crippen LogP contribution in [0.2, 0.25) is 0 Å². The van der Waals surface area contributed by atoms with Crippen molar-refractivity contribution in [1.29, 1.82) is 0 Å². The number of nitrogens with zero attached hydrogens (tertiary/aromatic N) is 1. The first kappa shape index (κ1) is 16.0. The van der Waals surface area contributed by atoms with Gasteiger partial charge in [0.2, 0.25) is 0 Å². The molecule has 0 unspecified atom stereocenters. The number of hydrogen-bond acceptors (Lipinski definition) is 3. The smallest absolute Gasteiger partial charge is 0.356 e. The lowest BCUT2D eigenvalue weighted by Gasteiger charge is -2.06. The van der Waals surface area contributed by atoms with Gasteiger partial charge in [-0.1, -0.05) is 41.6 Å². The minimum absolute atomic E-state index is 0.0350. The van der Waals surface area contributed by atoms with E-state index in [1.807, 2.05) is 0 Å². The normalized spacial score (nSPS) is 11.5. The van der Waals surface area contributed by atoms with Crippen molar-refractivity contribution >= 4 is 5.78 Å². The SMILES string of the molecule is CC(=O)c1ccc(-c2cc(-c3ccc(C(F)(F)F)cc3)on2)cc1. The third-order valence-corrected chi connectivity index (χ3v) is 3.59. The average Bonchev–Trinajstić information content (AvgIpc) is 3.04. The molecule has 0 fully saturated rings. The Morgan fingerprint density at radius 3 is 2.08 bits per heavy atom. The Labute approximate surface area is 135 Å². The summed E-state index contributed by atoms with van der Waals surface area (Å²) in [5.74, 6) is 0.335. The molecule has 0 N–H and O–H groups in total. The fraction of sp³-hybridized carbons (Fsp3) is 0.111. The summed E-state index contributed by atoms with van der Waals surface area (Å²) in [5, 5.41) is 3.93. The molecule has 0 aliphatic rings. The van der Waals surface area contributed by atoms with Gasteiger partial charge in [0.15, 0.2) is 11.5 Å². The zero-order chi connectivity index (χ0) is 17.3. The van der Waals surface area contributed by atoms with E-state index in [9.17, 15) is 18.0 Å². The molecule has 2 aromatic carbocycles. The number of halogens is 3. The highest BCUT2D eigenvalue weighted by molar-refractivity contribution is 5.94. The molecule has 0 saturated heterocycles. The average molecular weight is 331 g/mol. The van der Waals surface area contributed by atoms with E-state index >= 15 is 0 Å². The second kappa shape index (κ2) is 5.96. The summed E-state index contributed by atoms with van der Waals surface area (Å²) < 4.78 is 42.9. The van der Waals surface area contributed by atoms with Crippen LogP contribution in [0.25, 0.3) is 22.6 Å². The number of carbonyl (C=O) groups excluding carboxylic acids is 1. The van der Waals surface area contributed by atoms with Crippen LogP contribution in [0.5, 0.6) is 0 Å². The second-order valence-electron chi connectivity index (χ2n) is 5.29. The maximum absolute atomic E-state index is 12.6. The van der Waals surface area contributed by atoms with Gasteiger partial charge in [0, 0.05) is 22.8 Å². The van der Waals surface area contributed by atoms with Gasteiger partial charge in [-0.3, -0.25) is 4.79 Å². The van der Waals surface area contributed by atoms with Crippen LogP contribution in [0.3, 0.4) is 0 Å². The van der Waals surface area contributed by atoms with Crippen LogP contribution in [0.4, 0.5) is 13.2 Å². The molecule has 0 radical (unpaired) electrons. The Morgan fingerprint density at radius 2 is 1.54 bits per heavy atom. The number of carbonyl (C=O) groups is 1. The van der Waals surface area contributed by atoms with Gasteiger partial charge >= 0.3 is 6.18 Å². The molecule has 0 spiro atoms. The third kappa shape index (κ3) is 3.22. The molecular weight excluding hydrogens is 319 g/mol. The van der Waals surface area contributed by atoms with Gasteiger partial charge in [0.05, 0.1) is 5.56 Å². The third-order valence-electron chi connectivity index (χ3n) is 3.59. The van der Waals surface area contributed by atoms with E-state index in [0.29, 0.717) is 22.6 Å². The minimum atomic E-state index is -4.37. The van der Waals surface area contributed by atoms with E-state index in [1.54, 1.807) is 30.3 Å². The number of benzene rings is 2. The summed E-state index contributed by atoms with van der Waals surface area (Å²) in [5.41, 5.74) is 1.67. The monoisotopic (exact) mass is 331 g/mol. The lowest BCUT2D eigenvalue weighted by atomic mass is 10.1. The Hall–Kier alpha value is -2.89. The van der Waals surface area contributed by atoms with Crippen molar-refractivity contribution in [2.45, 2.75) is 13.1 Å². The van der Waals surface area contributed by atoms with Crippen molar-refractivity contribution in [2.24, 2.45) is 0 Å². The van der Waals surface area contributed by atoms with E-state index in [2.05, 4.69) is 5.16 Å². The highest BCUT2D eigenvalue weighted by Crippen LogP contribution is 2.32. The molecule has 0 atom stereocenters. The van der Waals surface area contributed by atoms with Crippen LogP contribution in [-0.4, -0.2) is 10.9 Å². The summed E-state index contributed by atoms with van der Waals surface area (Å²) in [7, 11) is 0. The van der Waals surface area contributed by atoms with Crippen molar-refractivity contribution in [3.05, 3.63) is 65.7 Å². The second-order valence-corrected chi connectivity index (χ2v) is 5.29. The Morgan fingerprint density at radius 1 is 0.958 bits per heavy atom. The minimum Gasteiger partial charge on any atom is -0.356 e. The standard InChI is InChI=1S/C18H12F3NO2/c1-11(23)12-2-4-13(5-3-12)16-10-17(24-22-16)14-6-8-15(9-7-14)18(19,20)21/h2-10H,1H3. The first-order chi connectivity index (χ1) is 11.3. The van der Waals surface area contributed by atoms with Gasteiger partial charge in [-0.2, -0.15) is 13.2 Å². The molecule has 3 nitrogen and oxygen atoms in total. The molecule has 0 aliphatic heterocycles. The van der Waals surface area contributed by atoms with Crippen LogP contribution in [0.15, 0.2) is 59.1 Å². The van der Waals surface area contributed by atoms with E-state index in [1.165, 1.54) is 19.1 Å². The summed E-state index contributed by atoms with van der Waals surface area (Å²) in [6, 6.07) is 13.2. The van der Waals surface area contributed by atoms with Crippen molar-refractivity contribution in [3.8, 4) is 22.6 Å². The fourth-order valence-electron chi connectivity index (χ4n) is 2.25. The van der Waals surface area contributed by atoms with E-state index < -0.39 is 11.7 Å². The number of ketones is 1. The number of rotatable bonds is 3. The van der Waals surface area contributed by atoms with Gasteiger partial charge in [-0.25, -0.2) is 0 Å². The maximum atomic E-state index is 12.6. The molecule has 1 heterocycles. The highest BCUT2D eigenvalue weighted by atomic mass is 19.4. The molecule has 0 amide bonds. The molecule has 0 bridgehead atoms. The topological polar surface area (TPSA) is 43.1 Å². The fourth-order valence-corrected chi connectivity index (χ4v) is 2.25. The van der Waals surface area contributed by atoms with E-state index in [4.69, 9.17) is 4.52 Å². The van der Waals surface area contributed by atoms with Gasteiger partial charge in [-0.05, 0) is 19.1 Å². The number of alkyl halides is 3. The quantitative estimate of drug-likeness (QED) is 0.617. The first-order valence-corrected chi connectivity index (χ1v) is 7.10. The first-order valence-electron chi connectivity index (χ1n) is 7.10. The van der Waals surface area contributed by atoms with Crippen molar-refractivity contribution in [1.82, 2.24) is 5.16 Å².